The summed E-state index contributed by atoms with van der Waals surface area (Å²) in [5.41, 5.74) is 8.03. The monoisotopic (exact) mass is 277 g/mol. The van der Waals surface area contributed by atoms with Gasteiger partial charge in [0.1, 0.15) is 6.61 Å². The fourth-order valence-corrected chi connectivity index (χ4v) is 2.10. The zero-order chi connectivity index (χ0) is 14.5. The maximum absolute atomic E-state index is 11.8. The minimum Gasteiger partial charge on any atom is -0.448 e. The number of anilines is 2. The molecule has 1 aliphatic rings. The summed E-state index contributed by atoms with van der Waals surface area (Å²) in [5.74, 6) is -0.0644. The van der Waals surface area contributed by atoms with Crippen molar-refractivity contribution < 1.29 is 14.3 Å². The molecule has 1 aromatic carbocycles. The molecule has 0 atom stereocenters. The molecule has 1 saturated heterocycles. The smallest absolute Gasteiger partial charge is 0.409 e. The summed E-state index contributed by atoms with van der Waals surface area (Å²) in [6.45, 7) is 3.49. The van der Waals surface area contributed by atoms with Gasteiger partial charge < -0.3 is 20.7 Å². The van der Waals surface area contributed by atoms with Crippen LogP contribution in [0.3, 0.4) is 0 Å². The van der Waals surface area contributed by atoms with Crippen molar-refractivity contribution in [1.29, 1.82) is 0 Å². The standard InChI is InChI=1S/C14H19N3O3/c1-10-9-11(15)4-5-12(10)16-13(18)3-2-6-17-7-8-20-14(17)19/h4-5,9H,2-3,6-8,15H2,1H3,(H,16,18). The molecule has 6 nitrogen and oxygen atoms in total. The van der Waals surface area contributed by atoms with E-state index in [9.17, 15) is 9.59 Å². The fourth-order valence-electron chi connectivity index (χ4n) is 2.10. The molecular weight excluding hydrogens is 258 g/mol. The molecule has 0 spiro atoms. The second kappa shape index (κ2) is 6.27. The number of nitrogens with two attached hydrogens (primary N) is 1. The van der Waals surface area contributed by atoms with Crippen LogP contribution in [0, 0.1) is 6.92 Å². The number of nitrogens with one attached hydrogen (secondary N) is 1. The van der Waals surface area contributed by atoms with Crippen molar-refractivity contribution in [1.82, 2.24) is 4.90 Å². The van der Waals surface area contributed by atoms with Crippen molar-refractivity contribution in [3.05, 3.63) is 23.8 Å². The summed E-state index contributed by atoms with van der Waals surface area (Å²) in [6, 6.07) is 5.36. The number of carbonyl (C=O) groups excluding carboxylic acids is 2. The van der Waals surface area contributed by atoms with Crippen molar-refractivity contribution in [3.63, 3.8) is 0 Å². The molecule has 0 radical (unpaired) electrons. The number of nitrogen functional groups attached to an aromatic ring is 1. The summed E-state index contributed by atoms with van der Waals surface area (Å²) >= 11 is 0. The predicted octanol–water partition coefficient (Wildman–Crippen LogP) is 1.75. The lowest BCUT2D eigenvalue weighted by atomic mass is 10.1. The van der Waals surface area contributed by atoms with Gasteiger partial charge in [-0.25, -0.2) is 4.79 Å². The van der Waals surface area contributed by atoms with E-state index in [1.54, 1.807) is 17.0 Å². The molecule has 20 heavy (non-hydrogen) atoms. The summed E-state index contributed by atoms with van der Waals surface area (Å²) < 4.78 is 4.82. The Balaban J connectivity index is 1.76. The summed E-state index contributed by atoms with van der Waals surface area (Å²) in [5, 5.41) is 2.84. The lowest BCUT2D eigenvalue weighted by Gasteiger charge is -2.12. The van der Waals surface area contributed by atoms with Crippen molar-refractivity contribution in [2.75, 3.05) is 30.7 Å². The van der Waals surface area contributed by atoms with Crippen LogP contribution in [0.15, 0.2) is 18.2 Å². The van der Waals surface area contributed by atoms with Gasteiger partial charge in [0.25, 0.3) is 0 Å². The molecule has 3 N–H and O–H groups in total. The third-order valence-electron chi connectivity index (χ3n) is 3.20. The van der Waals surface area contributed by atoms with E-state index in [0.29, 0.717) is 38.2 Å². The summed E-state index contributed by atoms with van der Waals surface area (Å²) in [7, 11) is 0. The van der Waals surface area contributed by atoms with E-state index in [4.69, 9.17) is 10.5 Å². The molecule has 2 rings (SSSR count). The van der Waals surface area contributed by atoms with Crippen LogP contribution in [-0.2, 0) is 9.53 Å². The molecular formula is C14H19N3O3. The molecule has 1 aromatic rings. The van der Waals surface area contributed by atoms with Crippen LogP contribution < -0.4 is 11.1 Å². The Morgan fingerprint density at radius 2 is 2.30 bits per heavy atom. The van der Waals surface area contributed by atoms with Gasteiger partial charge in [0.2, 0.25) is 5.91 Å². The van der Waals surface area contributed by atoms with Gasteiger partial charge in [0.15, 0.2) is 0 Å². The van der Waals surface area contributed by atoms with Crippen LogP contribution in [0.25, 0.3) is 0 Å². The van der Waals surface area contributed by atoms with Gasteiger partial charge in [-0.3, -0.25) is 4.79 Å². The largest absolute Gasteiger partial charge is 0.448 e. The summed E-state index contributed by atoms with van der Waals surface area (Å²) in [6.07, 6.45) is 0.697. The highest BCUT2D eigenvalue weighted by Gasteiger charge is 2.21. The van der Waals surface area contributed by atoms with Crippen LogP contribution >= 0.6 is 0 Å². The maximum atomic E-state index is 11.8. The van der Waals surface area contributed by atoms with Crippen molar-refractivity contribution >= 4 is 23.4 Å². The first-order valence-electron chi connectivity index (χ1n) is 6.64. The number of benzene rings is 1. The van der Waals surface area contributed by atoms with Gasteiger partial charge in [-0.2, -0.15) is 0 Å². The number of ether oxygens (including phenoxy) is 1. The Bertz CT molecular complexity index is 516. The number of rotatable bonds is 5. The van der Waals surface area contributed by atoms with Crippen LogP contribution in [0.4, 0.5) is 16.2 Å². The van der Waals surface area contributed by atoms with Crippen LogP contribution in [-0.4, -0.2) is 36.6 Å². The SMILES string of the molecule is Cc1cc(N)ccc1NC(=O)CCCN1CCOC1=O. The van der Waals surface area contributed by atoms with Gasteiger partial charge in [-0.05, 0) is 37.1 Å². The summed E-state index contributed by atoms with van der Waals surface area (Å²) in [4.78, 5) is 24.6. The predicted molar refractivity (Wildman–Crippen MR) is 76.4 cm³/mol. The maximum Gasteiger partial charge on any atom is 0.409 e. The molecule has 6 heteroatoms. The third kappa shape index (κ3) is 3.63. The molecule has 0 bridgehead atoms. The Morgan fingerprint density at radius 1 is 1.50 bits per heavy atom. The number of cyclic esters (lactones) is 1. The first-order valence-corrected chi connectivity index (χ1v) is 6.64. The fraction of sp³-hybridized carbons (Fsp3) is 0.429. The van der Waals surface area contributed by atoms with Gasteiger partial charge in [0, 0.05) is 24.3 Å². The highest BCUT2D eigenvalue weighted by Crippen LogP contribution is 2.18. The van der Waals surface area contributed by atoms with Gasteiger partial charge >= 0.3 is 6.09 Å². The second-order valence-corrected chi connectivity index (χ2v) is 4.83. The first kappa shape index (κ1) is 14.2. The first-order chi connectivity index (χ1) is 9.56. The number of aryl methyl sites for hydroxylation is 1. The molecule has 0 aliphatic carbocycles. The van der Waals surface area contributed by atoms with Crippen LogP contribution in [0.5, 0.6) is 0 Å². The second-order valence-electron chi connectivity index (χ2n) is 4.83. The van der Waals surface area contributed by atoms with E-state index in [1.807, 2.05) is 13.0 Å². The van der Waals surface area contributed by atoms with Gasteiger partial charge in [-0.1, -0.05) is 0 Å². The van der Waals surface area contributed by atoms with E-state index in [0.717, 1.165) is 11.3 Å². The molecule has 0 aromatic heterocycles. The molecule has 1 heterocycles. The number of carbonyl (C=O) groups is 2. The molecule has 0 unspecified atom stereocenters. The van der Waals surface area contributed by atoms with Gasteiger partial charge in [-0.15, -0.1) is 0 Å². The van der Waals surface area contributed by atoms with Crippen molar-refractivity contribution in [2.45, 2.75) is 19.8 Å². The van der Waals surface area contributed by atoms with Crippen molar-refractivity contribution in [3.8, 4) is 0 Å². The van der Waals surface area contributed by atoms with E-state index in [-0.39, 0.29) is 12.0 Å². The third-order valence-corrected chi connectivity index (χ3v) is 3.20. The van der Waals surface area contributed by atoms with Crippen LogP contribution in [0.2, 0.25) is 0 Å². The number of hydrogen-bond donors (Lipinski definition) is 2. The topological polar surface area (TPSA) is 84.7 Å². The Morgan fingerprint density at radius 3 is 2.95 bits per heavy atom. The lowest BCUT2D eigenvalue weighted by Crippen LogP contribution is -2.26. The molecule has 1 aliphatic heterocycles. The van der Waals surface area contributed by atoms with E-state index in [2.05, 4.69) is 5.32 Å². The molecule has 108 valence electrons. The zero-order valence-corrected chi connectivity index (χ0v) is 11.5. The average Bonchev–Trinajstić information content (AvgIpc) is 2.79. The quantitative estimate of drug-likeness (QED) is 0.803. The van der Waals surface area contributed by atoms with E-state index >= 15 is 0 Å². The Kier molecular flexibility index (Phi) is 4.45. The Hall–Kier alpha value is -2.24. The number of nitrogens with zero attached hydrogens (tertiary/aromatic N) is 1. The number of amides is 2. The highest BCUT2D eigenvalue weighted by atomic mass is 16.6. The van der Waals surface area contributed by atoms with Crippen molar-refractivity contribution in [2.24, 2.45) is 0 Å². The minimum absolute atomic E-state index is 0.0644. The minimum atomic E-state index is -0.292. The molecule has 1 fully saturated rings. The Labute approximate surface area is 117 Å². The van der Waals surface area contributed by atoms with Crippen LogP contribution in [0.1, 0.15) is 18.4 Å². The zero-order valence-electron chi connectivity index (χ0n) is 11.5. The van der Waals surface area contributed by atoms with E-state index in [1.165, 1.54) is 0 Å². The van der Waals surface area contributed by atoms with E-state index < -0.39 is 0 Å². The molecule has 2 amide bonds. The molecule has 0 saturated carbocycles. The van der Waals surface area contributed by atoms with Gasteiger partial charge in [0.05, 0.1) is 6.54 Å². The highest BCUT2D eigenvalue weighted by molar-refractivity contribution is 5.91. The normalized spacial score (nSPS) is 14.2. The number of hydrogen-bond acceptors (Lipinski definition) is 4. The lowest BCUT2D eigenvalue weighted by molar-refractivity contribution is -0.116. The average molecular weight is 277 g/mol.